The van der Waals surface area contributed by atoms with Crippen LogP contribution in [0.4, 0.5) is 0 Å². The largest absolute Gasteiger partial charge is 0.362 e. The Labute approximate surface area is 99.0 Å². The highest BCUT2D eigenvalue weighted by molar-refractivity contribution is 8.13. The summed E-state index contributed by atoms with van der Waals surface area (Å²) in [6, 6.07) is 0.585. The molecule has 0 spiro atoms. The maximum atomic E-state index is 11.2. The van der Waals surface area contributed by atoms with E-state index in [1.807, 2.05) is 6.92 Å². The summed E-state index contributed by atoms with van der Waals surface area (Å²) in [5.74, 6) is 2.59. The molecule has 88 valence electrons. The highest BCUT2D eigenvalue weighted by atomic mass is 32.2. The first-order valence-electron chi connectivity index (χ1n) is 5.55. The van der Waals surface area contributed by atoms with Crippen LogP contribution in [0.15, 0.2) is 4.99 Å². The molecule has 1 aliphatic rings. The monoisotopic (exact) mass is 248 g/mol. The Morgan fingerprint density at radius 2 is 2.40 bits per heavy atom. The Balaban J connectivity index is 2.29. The van der Waals surface area contributed by atoms with Crippen molar-refractivity contribution in [2.24, 2.45) is 4.99 Å². The second kappa shape index (κ2) is 7.28. The summed E-state index contributed by atoms with van der Waals surface area (Å²) in [4.78, 5) is 4.44. The third kappa shape index (κ3) is 5.02. The highest BCUT2D eigenvalue weighted by Gasteiger charge is 2.14. The Morgan fingerprint density at radius 1 is 1.60 bits per heavy atom. The molecule has 1 N–H and O–H groups in total. The van der Waals surface area contributed by atoms with Gasteiger partial charge in [-0.3, -0.25) is 9.20 Å². The van der Waals surface area contributed by atoms with Gasteiger partial charge in [0.25, 0.3) is 0 Å². The molecular formula is C10H20N2OS2. The molecular weight excluding hydrogens is 228 g/mol. The second-order valence-corrected chi connectivity index (χ2v) is 6.46. The summed E-state index contributed by atoms with van der Waals surface area (Å²) in [7, 11) is -0.686. The lowest BCUT2D eigenvalue weighted by Crippen LogP contribution is -2.37. The van der Waals surface area contributed by atoms with Gasteiger partial charge in [0.05, 0.1) is 6.54 Å². The van der Waals surface area contributed by atoms with Crippen LogP contribution in [0.5, 0.6) is 0 Å². The smallest absolute Gasteiger partial charge is 0.156 e. The van der Waals surface area contributed by atoms with Crippen LogP contribution in [-0.4, -0.2) is 39.2 Å². The van der Waals surface area contributed by atoms with Gasteiger partial charge >= 0.3 is 0 Å². The van der Waals surface area contributed by atoms with Gasteiger partial charge in [-0.15, -0.1) is 0 Å². The third-order valence-electron chi connectivity index (χ3n) is 2.42. The SMILES string of the molecule is CCC1CCSC(=NCCS(=O)CC)N1. The number of nitrogens with zero attached hydrogens (tertiary/aromatic N) is 1. The normalized spacial score (nSPS) is 26.3. The van der Waals surface area contributed by atoms with Crippen LogP contribution in [0.1, 0.15) is 26.7 Å². The van der Waals surface area contributed by atoms with Crippen LogP contribution in [0.3, 0.4) is 0 Å². The van der Waals surface area contributed by atoms with Crippen molar-refractivity contribution in [2.75, 3.05) is 23.8 Å². The molecule has 1 rings (SSSR count). The van der Waals surface area contributed by atoms with E-state index in [0.717, 1.165) is 23.1 Å². The predicted molar refractivity (Wildman–Crippen MR) is 70.1 cm³/mol. The first-order valence-corrected chi connectivity index (χ1v) is 8.02. The molecule has 5 heteroatoms. The zero-order chi connectivity index (χ0) is 11.1. The highest BCUT2D eigenvalue weighted by Crippen LogP contribution is 2.15. The molecule has 0 aromatic heterocycles. The fourth-order valence-corrected chi connectivity index (χ4v) is 2.99. The van der Waals surface area contributed by atoms with Gasteiger partial charge in [-0.25, -0.2) is 0 Å². The Kier molecular flexibility index (Phi) is 6.32. The number of amidine groups is 1. The fraction of sp³-hybridized carbons (Fsp3) is 0.900. The van der Waals surface area contributed by atoms with Gasteiger partial charge in [0, 0.05) is 34.1 Å². The van der Waals surface area contributed by atoms with E-state index < -0.39 is 10.8 Å². The Bertz CT molecular complexity index is 244. The first kappa shape index (κ1) is 13.0. The van der Waals surface area contributed by atoms with Crippen molar-refractivity contribution >= 4 is 27.7 Å². The molecule has 0 amide bonds. The standard InChI is InChI=1S/C10H20N2OS2/c1-3-9-5-7-14-10(12-9)11-6-8-15(13)4-2/h9H,3-8H2,1-2H3,(H,11,12). The molecule has 0 aromatic rings. The maximum absolute atomic E-state index is 11.2. The zero-order valence-electron chi connectivity index (χ0n) is 9.49. The molecule has 2 unspecified atom stereocenters. The number of nitrogens with one attached hydrogen (secondary N) is 1. The van der Waals surface area contributed by atoms with E-state index in [0.29, 0.717) is 18.3 Å². The molecule has 1 heterocycles. The first-order chi connectivity index (χ1) is 7.26. The molecule has 1 aliphatic heterocycles. The van der Waals surface area contributed by atoms with E-state index >= 15 is 0 Å². The molecule has 15 heavy (non-hydrogen) atoms. The van der Waals surface area contributed by atoms with Crippen LogP contribution < -0.4 is 5.32 Å². The van der Waals surface area contributed by atoms with Gasteiger partial charge < -0.3 is 5.32 Å². The Hall–Kier alpha value is -0.0300. The third-order valence-corrected chi connectivity index (χ3v) is 4.66. The summed E-state index contributed by atoms with van der Waals surface area (Å²) in [6.07, 6.45) is 2.38. The minimum absolute atomic E-state index is 0.585. The average Bonchev–Trinajstić information content (AvgIpc) is 2.29. The number of aliphatic imine (C=N–C) groups is 1. The van der Waals surface area contributed by atoms with E-state index in [-0.39, 0.29) is 0 Å². The van der Waals surface area contributed by atoms with E-state index in [1.54, 1.807) is 11.8 Å². The van der Waals surface area contributed by atoms with Crippen LogP contribution in [0.2, 0.25) is 0 Å². The van der Waals surface area contributed by atoms with Gasteiger partial charge in [-0.2, -0.15) is 0 Å². The van der Waals surface area contributed by atoms with Crippen LogP contribution in [-0.2, 0) is 10.8 Å². The molecule has 1 saturated heterocycles. The lowest BCUT2D eigenvalue weighted by molar-refractivity contribution is 0.571. The molecule has 1 fully saturated rings. The summed E-state index contributed by atoms with van der Waals surface area (Å²) in [5, 5.41) is 4.45. The molecule has 0 radical (unpaired) electrons. The molecule has 0 aliphatic carbocycles. The van der Waals surface area contributed by atoms with Crippen LogP contribution in [0.25, 0.3) is 0 Å². The van der Waals surface area contributed by atoms with E-state index in [9.17, 15) is 4.21 Å². The summed E-state index contributed by atoms with van der Waals surface area (Å²) < 4.78 is 11.2. The minimum atomic E-state index is -0.686. The van der Waals surface area contributed by atoms with Gasteiger partial charge in [0.15, 0.2) is 5.17 Å². The van der Waals surface area contributed by atoms with E-state index in [4.69, 9.17) is 0 Å². The summed E-state index contributed by atoms with van der Waals surface area (Å²) >= 11 is 1.78. The van der Waals surface area contributed by atoms with Crippen molar-refractivity contribution in [3.63, 3.8) is 0 Å². The molecule has 0 bridgehead atoms. The van der Waals surface area contributed by atoms with Crippen LogP contribution >= 0.6 is 11.8 Å². The quantitative estimate of drug-likeness (QED) is 0.804. The van der Waals surface area contributed by atoms with Gasteiger partial charge in [-0.05, 0) is 12.8 Å². The number of rotatable bonds is 5. The zero-order valence-corrected chi connectivity index (χ0v) is 11.1. The van der Waals surface area contributed by atoms with Gasteiger partial charge in [-0.1, -0.05) is 25.6 Å². The second-order valence-electron chi connectivity index (χ2n) is 3.51. The number of hydrogen-bond acceptors (Lipinski definition) is 3. The van der Waals surface area contributed by atoms with Crippen LogP contribution in [0, 0.1) is 0 Å². The lowest BCUT2D eigenvalue weighted by Gasteiger charge is -2.24. The van der Waals surface area contributed by atoms with Gasteiger partial charge in [0.1, 0.15) is 0 Å². The Morgan fingerprint density at radius 3 is 3.07 bits per heavy atom. The molecule has 3 nitrogen and oxygen atoms in total. The van der Waals surface area contributed by atoms with Gasteiger partial charge in [0.2, 0.25) is 0 Å². The van der Waals surface area contributed by atoms with E-state index in [2.05, 4.69) is 17.2 Å². The maximum Gasteiger partial charge on any atom is 0.156 e. The van der Waals surface area contributed by atoms with Crippen molar-refractivity contribution in [3.05, 3.63) is 0 Å². The number of hydrogen-bond donors (Lipinski definition) is 1. The predicted octanol–water partition coefficient (Wildman–Crippen LogP) is 1.62. The minimum Gasteiger partial charge on any atom is -0.362 e. The number of thioether (sulfide) groups is 1. The fourth-order valence-electron chi connectivity index (χ4n) is 1.38. The topological polar surface area (TPSA) is 41.5 Å². The van der Waals surface area contributed by atoms with Crippen molar-refractivity contribution in [1.29, 1.82) is 0 Å². The molecule has 2 atom stereocenters. The van der Waals surface area contributed by atoms with E-state index in [1.165, 1.54) is 6.42 Å². The average molecular weight is 248 g/mol. The summed E-state index contributed by atoms with van der Waals surface area (Å²) in [6.45, 7) is 4.83. The molecule has 0 saturated carbocycles. The van der Waals surface area contributed by atoms with Crippen molar-refractivity contribution in [3.8, 4) is 0 Å². The van der Waals surface area contributed by atoms with Crippen molar-refractivity contribution in [1.82, 2.24) is 5.32 Å². The summed E-state index contributed by atoms with van der Waals surface area (Å²) in [5.41, 5.74) is 0. The van der Waals surface area contributed by atoms with Crippen molar-refractivity contribution in [2.45, 2.75) is 32.7 Å². The molecule has 0 aromatic carbocycles. The lowest BCUT2D eigenvalue weighted by atomic mass is 10.2. The van der Waals surface area contributed by atoms with Crippen molar-refractivity contribution < 1.29 is 4.21 Å².